The van der Waals surface area contributed by atoms with E-state index in [2.05, 4.69) is 10.3 Å². The van der Waals surface area contributed by atoms with Gasteiger partial charge in [0.05, 0.1) is 6.10 Å². The maximum Gasteiger partial charge on any atom is 0.272 e. The van der Waals surface area contributed by atoms with E-state index in [1.807, 2.05) is 12.1 Å². The predicted molar refractivity (Wildman–Crippen MR) is 88.2 cm³/mol. The molecule has 0 saturated heterocycles. The zero-order valence-corrected chi connectivity index (χ0v) is 13.7. The van der Waals surface area contributed by atoms with Crippen LogP contribution in [-0.4, -0.2) is 49.1 Å². The quantitative estimate of drug-likeness (QED) is 0.787. The number of nitrogens with one attached hydrogen (secondary N) is 1. The van der Waals surface area contributed by atoms with Gasteiger partial charge in [-0.2, -0.15) is 0 Å². The molecule has 0 atom stereocenters. The molecular formula is C17H27N3O2. The van der Waals surface area contributed by atoms with Crippen LogP contribution in [0, 0.1) is 0 Å². The molecule has 1 aromatic rings. The number of hydrogen-bond donors (Lipinski definition) is 1. The number of aromatic nitrogens is 1. The molecule has 1 aliphatic rings. The molecule has 0 unspecified atom stereocenters. The van der Waals surface area contributed by atoms with Crippen molar-refractivity contribution in [3.63, 3.8) is 0 Å². The molecule has 22 heavy (non-hydrogen) atoms. The first-order valence-electron chi connectivity index (χ1n) is 8.21. The summed E-state index contributed by atoms with van der Waals surface area (Å²) in [6.45, 7) is 1.59. The van der Waals surface area contributed by atoms with Gasteiger partial charge in [-0.1, -0.05) is 25.3 Å². The van der Waals surface area contributed by atoms with Gasteiger partial charge in [0.25, 0.3) is 5.91 Å². The number of rotatable bonds is 7. The Morgan fingerprint density at radius 2 is 2.09 bits per heavy atom. The van der Waals surface area contributed by atoms with Gasteiger partial charge >= 0.3 is 0 Å². The molecule has 5 heteroatoms. The van der Waals surface area contributed by atoms with Crippen LogP contribution in [0.2, 0.25) is 0 Å². The van der Waals surface area contributed by atoms with Crippen LogP contribution in [0.25, 0.3) is 0 Å². The molecule has 5 nitrogen and oxygen atoms in total. The summed E-state index contributed by atoms with van der Waals surface area (Å²) in [7, 11) is 3.46. The maximum absolute atomic E-state index is 11.9. The van der Waals surface area contributed by atoms with Crippen LogP contribution in [0.1, 0.15) is 49.0 Å². The molecule has 122 valence electrons. The fourth-order valence-corrected chi connectivity index (χ4v) is 2.65. The first kappa shape index (κ1) is 16.7. The van der Waals surface area contributed by atoms with Crippen LogP contribution in [0.3, 0.4) is 0 Å². The number of amides is 1. The van der Waals surface area contributed by atoms with Gasteiger partial charge in [-0.25, -0.2) is 4.98 Å². The lowest BCUT2D eigenvalue weighted by Crippen LogP contribution is -2.23. The molecule has 0 aromatic carbocycles. The molecule has 1 aromatic heterocycles. The smallest absolute Gasteiger partial charge is 0.272 e. The third-order valence-corrected chi connectivity index (χ3v) is 3.91. The molecule has 0 spiro atoms. The highest BCUT2D eigenvalue weighted by atomic mass is 16.5. The molecule has 1 saturated carbocycles. The van der Waals surface area contributed by atoms with E-state index in [4.69, 9.17) is 4.74 Å². The average molecular weight is 305 g/mol. The second kappa shape index (κ2) is 8.73. The van der Waals surface area contributed by atoms with Crippen molar-refractivity contribution >= 4 is 11.7 Å². The molecule has 0 radical (unpaired) electrons. The molecule has 1 heterocycles. The number of carbonyl (C=O) groups excluding carboxylic acids is 1. The van der Waals surface area contributed by atoms with E-state index in [0.717, 1.165) is 25.4 Å². The lowest BCUT2D eigenvalue weighted by molar-refractivity contribution is 0.0284. The van der Waals surface area contributed by atoms with Crippen molar-refractivity contribution in [1.29, 1.82) is 0 Å². The molecule has 1 fully saturated rings. The van der Waals surface area contributed by atoms with Crippen LogP contribution >= 0.6 is 0 Å². The summed E-state index contributed by atoms with van der Waals surface area (Å²) in [4.78, 5) is 17.7. The van der Waals surface area contributed by atoms with Crippen molar-refractivity contribution < 1.29 is 9.53 Å². The minimum atomic E-state index is -0.0794. The first-order chi connectivity index (χ1) is 10.7. The van der Waals surface area contributed by atoms with Gasteiger partial charge in [0.1, 0.15) is 11.5 Å². The highest BCUT2D eigenvalue weighted by Gasteiger charge is 2.13. The zero-order chi connectivity index (χ0) is 15.8. The van der Waals surface area contributed by atoms with E-state index in [-0.39, 0.29) is 5.91 Å². The summed E-state index contributed by atoms with van der Waals surface area (Å²) in [5.41, 5.74) is 0.466. The largest absolute Gasteiger partial charge is 0.378 e. The summed E-state index contributed by atoms with van der Waals surface area (Å²) in [6, 6.07) is 5.47. The van der Waals surface area contributed by atoms with Gasteiger partial charge in [0.2, 0.25) is 0 Å². The van der Waals surface area contributed by atoms with Crippen LogP contribution in [0.15, 0.2) is 18.2 Å². The minimum absolute atomic E-state index is 0.0794. The predicted octanol–water partition coefficient (Wildman–Crippen LogP) is 2.93. The Balaban J connectivity index is 1.68. The van der Waals surface area contributed by atoms with Gasteiger partial charge in [0.15, 0.2) is 0 Å². The Morgan fingerprint density at radius 3 is 2.82 bits per heavy atom. The Morgan fingerprint density at radius 1 is 1.32 bits per heavy atom. The Hall–Kier alpha value is -1.62. The molecule has 0 bridgehead atoms. The Bertz CT molecular complexity index is 471. The van der Waals surface area contributed by atoms with Crippen molar-refractivity contribution in [2.24, 2.45) is 0 Å². The summed E-state index contributed by atoms with van der Waals surface area (Å²) < 4.78 is 5.89. The number of pyridine rings is 1. The fourth-order valence-electron chi connectivity index (χ4n) is 2.65. The zero-order valence-electron chi connectivity index (χ0n) is 13.7. The average Bonchev–Trinajstić information content (AvgIpc) is 2.55. The van der Waals surface area contributed by atoms with Crippen molar-refractivity contribution in [1.82, 2.24) is 9.88 Å². The standard InChI is InChI=1S/C17H27N3O2/c1-20(2)17(21)15-10-6-11-16(19-15)18-12-7-13-22-14-8-4-3-5-9-14/h6,10-11,14H,3-5,7-9,12-13H2,1-2H3,(H,18,19). The Labute approximate surface area is 133 Å². The van der Waals surface area contributed by atoms with E-state index in [9.17, 15) is 4.79 Å². The molecule has 1 N–H and O–H groups in total. The molecule has 0 aliphatic heterocycles. The molecule has 2 rings (SSSR count). The van der Waals surface area contributed by atoms with E-state index < -0.39 is 0 Å². The lowest BCUT2D eigenvalue weighted by atomic mass is 9.98. The molecule has 1 aliphatic carbocycles. The van der Waals surface area contributed by atoms with Gasteiger partial charge in [-0.05, 0) is 31.4 Å². The van der Waals surface area contributed by atoms with Crippen molar-refractivity contribution in [3.05, 3.63) is 23.9 Å². The van der Waals surface area contributed by atoms with Gasteiger partial charge in [-0.15, -0.1) is 0 Å². The number of carbonyl (C=O) groups is 1. The highest BCUT2D eigenvalue weighted by Crippen LogP contribution is 2.20. The minimum Gasteiger partial charge on any atom is -0.378 e. The molecule has 1 amide bonds. The van der Waals surface area contributed by atoms with E-state index in [1.54, 1.807) is 20.2 Å². The van der Waals surface area contributed by atoms with Gasteiger partial charge in [0, 0.05) is 27.2 Å². The Kier molecular flexibility index (Phi) is 6.65. The van der Waals surface area contributed by atoms with Crippen LogP contribution < -0.4 is 5.32 Å². The second-order valence-electron chi connectivity index (χ2n) is 6.02. The topological polar surface area (TPSA) is 54.5 Å². The normalized spacial score (nSPS) is 15.5. The van der Waals surface area contributed by atoms with Crippen molar-refractivity contribution in [2.45, 2.75) is 44.6 Å². The third kappa shape index (κ3) is 5.30. The molecular weight excluding hydrogens is 278 g/mol. The third-order valence-electron chi connectivity index (χ3n) is 3.91. The highest BCUT2D eigenvalue weighted by molar-refractivity contribution is 5.92. The number of nitrogens with zero attached hydrogens (tertiary/aromatic N) is 2. The first-order valence-corrected chi connectivity index (χ1v) is 8.21. The van der Waals surface area contributed by atoms with Crippen LogP contribution in [0.4, 0.5) is 5.82 Å². The maximum atomic E-state index is 11.9. The van der Waals surface area contributed by atoms with E-state index >= 15 is 0 Å². The fraction of sp³-hybridized carbons (Fsp3) is 0.647. The summed E-state index contributed by atoms with van der Waals surface area (Å²) >= 11 is 0. The summed E-state index contributed by atoms with van der Waals surface area (Å²) in [5.74, 6) is 0.662. The second-order valence-corrected chi connectivity index (χ2v) is 6.02. The van der Waals surface area contributed by atoms with E-state index in [0.29, 0.717) is 11.8 Å². The van der Waals surface area contributed by atoms with Crippen molar-refractivity contribution in [2.75, 3.05) is 32.6 Å². The van der Waals surface area contributed by atoms with Gasteiger partial charge in [-0.3, -0.25) is 4.79 Å². The number of hydrogen-bond acceptors (Lipinski definition) is 4. The SMILES string of the molecule is CN(C)C(=O)c1cccc(NCCCOC2CCCCC2)n1. The van der Waals surface area contributed by atoms with E-state index in [1.165, 1.54) is 37.0 Å². The number of anilines is 1. The summed E-state index contributed by atoms with van der Waals surface area (Å²) in [6.07, 6.45) is 7.80. The number of ether oxygens (including phenoxy) is 1. The van der Waals surface area contributed by atoms with Crippen LogP contribution in [-0.2, 0) is 4.74 Å². The lowest BCUT2D eigenvalue weighted by Gasteiger charge is -2.21. The monoisotopic (exact) mass is 305 g/mol. The van der Waals surface area contributed by atoms with Crippen molar-refractivity contribution in [3.8, 4) is 0 Å². The van der Waals surface area contributed by atoms with Crippen LogP contribution in [0.5, 0.6) is 0 Å². The summed E-state index contributed by atoms with van der Waals surface area (Å²) in [5, 5.41) is 3.25. The van der Waals surface area contributed by atoms with Gasteiger partial charge < -0.3 is 15.0 Å².